The summed E-state index contributed by atoms with van der Waals surface area (Å²) in [7, 11) is 0. The van der Waals surface area contributed by atoms with Gasteiger partial charge in [0.1, 0.15) is 0 Å². The van der Waals surface area contributed by atoms with E-state index in [4.69, 9.17) is 15.3 Å². The van der Waals surface area contributed by atoms with Gasteiger partial charge in [-0.2, -0.15) is 15.3 Å². The van der Waals surface area contributed by atoms with Gasteiger partial charge in [0, 0.05) is 70.0 Å². The normalized spacial score (nSPS) is 13.6. The van der Waals surface area contributed by atoms with Crippen LogP contribution in [0.1, 0.15) is 159 Å². The molecule has 0 radical (unpaired) electrons. The fourth-order valence-electron chi connectivity index (χ4n) is 5.76. The molecule has 0 fully saturated rings. The van der Waals surface area contributed by atoms with E-state index in [9.17, 15) is 0 Å². The van der Waals surface area contributed by atoms with Gasteiger partial charge in [0.2, 0.25) is 0 Å². The number of nitrogens with one attached hydrogen (secondary N) is 3. The van der Waals surface area contributed by atoms with Crippen LogP contribution in [0.5, 0.6) is 0 Å². The first kappa shape index (κ1) is 39.1. The van der Waals surface area contributed by atoms with Crippen molar-refractivity contribution in [1.29, 1.82) is 0 Å². The average molecular weight is 783 g/mol. The molecule has 42 heavy (non-hydrogen) atoms. The number of rotatable bonds is 3. The molecule has 0 saturated heterocycles. The molecule has 0 amide bonds. The maximum Gasteiger partial charge on any atom is 0.255 e. The SMILES string of the molecule is CC(C)(C)c1n[nH]c(C(C)(C)C)c1B(c1c(C(C)(C)C)n[nH]c1C(C)(C)C)c1c(C(C)(C)C)n[nH]c1C(C)(C)C.I.[Pd]. The van der Waals surface area contributed by atoms with Gasteiger partial charge in [0.25, 0.3) is 6.71 Å². The Hall–Kier alpha value is -0.913. The molecule has 0 unspecified atom stereocenters. The Morgan fingerprint density at radius 2 is 0.571 bits per heavy atom. The molecule has 0 aliphatic rings. The van der Waals surface area contributed by atoms with Gasteiger partial charge >= 0.3 is 0 Å². The summed E-state index contributed by atoms with van der Waals surface area (Å²) in [5.74, 6) is 0. The van der Waals surface area contributed by atoms with Gasteiger partial charge in [-0.25, -0.2) is 0 Å². The first-order chi connectivity index (χ1) is 17.7. The molecule has 3 rings (SSSR count). The van der Waals surface area contributed by atoms with Gasteiger partial charge in [-0.1, -0.05) is 125 Å². The van der Waals surface area contributed by atoms with E-state index < -0.39 is 0 Å². The van der Waals surface area contributed by atoms with Crippen molar-refractivity contribution in [2.24, 2.45) is 0 Å². The summed E-state index contributed by atoms with van der Waals surface area (Å²) in [6.07, 6.45) is 0. The smallest absolute Gasteiger partial charge is 0.255 e. The Morgan fingerprint density at radius 3 is 0.714 bits per heavy atom. The van der Waals surface area contributed by atoms with Gasteiger partial charge in [-0.15, -0.1) is 24.0 Å². The zero-order valence-corrected chi connectivity index (χ0v) is 33.5. The van der Waals surface area contributed by atoms with Crippen molar-refractivity contribution in [3.8, 4) is 0 Å². The summed E-state index contributed by atoms with van der Waals surface area (Å²) in [5, 5.41) is 25.9. The van der Waals surface area contributed by atoms with Crippen LogP contribution in [0.15, 0.2) is 0 Å². The fraction of sp³-hybridized carbons (Fsp3) is 0.727. The number of aromatic nitrogens is 6. The molecule has 240 valence electrons. The molecule has 0 bridgehead atoms. The van der Waals surface area contributed by atoms with Crippen LogP contribution in [-0.2, 0) is 52.9 Å². The number of hydrogen-bond donors (Lipinski definition) is 3. The molecule has 3 heterocycles. The van der Waals surface area contributed by atoms with E-state index in [1.54, 1.807) is 0 Å². The maximum absolute atomic E-state index is 5.08. The molecule has 0 aliphatic carbocycles. The third-order valence-electron chi connectivity index (χ3n) is 7.66. The number of halogens is 1. The Morgan fingerprint density at radius 1 is 0.381 bits per heavy atom. The van der Waals surface area contributed by atoms with Crippen LogP contribution in [0, 0.1) is 0 Å². The topological polar surface area (TPSA) is 86.0 Å². The van der Waals surface area contributed by atoms with E-state index in [2.05, 4.69) is 140 Å². The second-order valence-corrected chi connectivity index (χ2v) is 18.0. The second kappa shape index (κ2) is 12.1. The Labute approximate surface area is 287 Å². The van der Waals surface area contributed by atoms with Crippen LogP contribution in [0.25, 0.3) is 0 Å². The van der Waals surface area contributed by atoms with Crippen molar-refractivity contribution < 1.29 is 20.4 Å². The second-order valence-electron chi connectivity index (χ2n) is 18.0. The van der Waals surface area contributed by atoms with Crippen molar-refractivity contribution in [3.63, 3.8) is 0 Å². The third kappa shape index (κ3) is 7.65. The maximum atomic E-state index is 5.08. The number of aromatic amines is 3. The molecule has 6 nitrogen and oxygen atoms in total. The molecular formula is C33H58BIN6Pd. The van der Waals surface area contributed by atoms with Gasteiger partial charge in [0.15, 0.2) is 0 Å². The summed E-state index contributed by atoms with van der Waals surface area (Å²) in [6.45, 7) is 40.8. The van der Waals surface area contributed by atoms with E-state index in [-0.39, 0.29) is 83.6 Å². The minimum absolute atomic E-state index is 0. The predicted molar refractivity (Wildman–Crippen MR) is 188 cm³/mol. The van der Waals surface area contributed by atoms with E-state index in [1.165, 1.54) is 33.5 Å². The summed E-state index contributed by atoms with van der Waals surface area (Å²) in [4.78, 5) is 0. The molecule has 0 saturated carbocycles. The van der Waals surface area contributed by atoms with Crippen LogP contribution in [0.3, 0.4) is 0 Å². The Kier molecular flexibility index (Phi) is 11.3. The first-order valence-corrected chi connectivity index (χ1v) is 15.0. The minimum Gasteiger partial charge on any atom is -0.282 e. The Bertz CT molecular complexity index is 1090. The largest absolute Gasteiger partial charge is 0.282 e. The molecule has 0 aliphatic heterocycles. The van der Waals surface area contributed by atoms with Gasteiger partial charge in [-0.3, -0.25) is 15.3 Å². The molecule has 3 aromatic rings. The molecule has 0 spiro atoms. The fourth-order valence-corrected chi connectivity index (χ4v) is 5.76. The van der Waals surface area contributed by atoms with Crippen LogP contribution in [-0.4, -0.2) is 37.3 Å². The van der Waals surface area contributed by atoms with Crippen molar-refractivity contribution in [2.45, 2.75) is 157 Å². The van der Waals surface area contributed by atoms with Crippen LogP contribution in [0.4, 0.5) is 0 Å². The van der Waals surface area contributed by atoms with Crippen molar-refractivity contribution in [1.82, 2.24) is 30.6 Å². The van der Waals surface area contributed by atoms with Gasteiger partial charge in [-0.05, 0) is 16.4 Å². The molecule has 3 aromatic heterocycles. The summed E-state index contributed by atoms with van der Waals surface area (Å²) >= 11 is 0. The van der Waals surface area contributed by atoms with E-state index in [0.717, 1.165) is 17.1 Å². The van der Waals surface area contributed by atoms with Crippen LogP contribution >= 0.6 is 24.0 Å². The number of H-pyrrole nitrogens is 3. The molecule has 9 heteroatoms. The first-order valence-electron chi connectivity index (χ1n) is 15.0. The molecular weight excluding hydrogens is 725 g/mol. The monoisotopic (exact) mass is 782 g/mol. The zero-order valence-electron chi connectivity index (χ0n) is 29.6. The third-order valence-corrected chi connectivity index (χ3v) is 7.66. The molecule has 0 atom stereocenters. The summed E-state index contributed by atoms with van der Waals surface area (Å²) < 4.78 is 0. The van der Waals surface area contributed by atoms with E-state index >= 15 is 0 Å². The van der Waals surface area contributed by atoms with Crippen LogP contribution in [0.2, 0.25) is 0 Å². The van der Waals surface area contributed by atoms with Gasteiger partial charge in [0.05, 0.1) is 17.1 Å². The summed E-state index contributed by atoms with van der Waals surface area (Å²) in [5.41, 5.74) is 9.63. The number of nitrogens with zero attached hydrogens (tertiary/aromatic N) is 3. The van der Waals surface area contributed by atoms with Crippen molar-refractivity contribution >= 4 is 47.1 Å². The number of hydrogen-bond acceptors (Lipinski definition) is 3. The van der Waals surface area contributed by atoms with Gasteiger partial charge < -0.3 is 0 Å². The zero-order chi connectivity index (χ0) is 31.0. The molecule has 0 aromatic carbocycles. The minimum atomic E-state index is -0.172. The van der Waals surface area contributed by atoms with E-state index in [0.29, 0.717) is 0 Å². The van der Waals surface area contributed by atoms with Crippen LogP contribution < -0.4 is 16.4 Å². The standard InChI is InChI=1S/C33H57BN6.HI.Pd/c1-28(2,3)22-19(23(36-35-22)29(4,5)6)34(20-24(30(7,8)9)37-38-25(20)31(10,11)12)21-26(32(13,14)15)39-40-27(21)33(16,17)18;;/h1-18H3,(H,35,36)(H,37,38)(H,39,40);1H;. The quantitative estimate of drug-likeness (QED) is 0.203. The van der Waals surface area contributed by atoms with Crippen molar-refractivity contribution in [3.05, 3.63) is 34.2 Å². The summed E-state index contributed by atoms with van der Waals surface area (Å²) in [6, 6.07) is 0. The molecule has 3 N–H and O–H groups in total. The average Bonchev–Trinajstić information content (AvgIpc) is 3.42. The predicted octanol–water partition coefficient (Wildman–Crippen LogP) is 6.77. The van der Waals surface area contributed by atoms with E-state index in [1.807, 2.05) is 0 Å². The Balaban J connectivity index is 0.00000441. The van der Waals surface area contributed by atoms with Crippen molar-refractivity contribution in [2.75, 3.05) is 0 Å².